The fourth-order valence-electron chi connectivity index (χ4n) is 5.28. The summed E-state index contributed by atoms with van der Waals surface area (Å²) in [4.78, 5) is 25.0. The molecule has 7 heteroatoms. The highest BCUT2D eigenvalue weighted by Crippen LogP contribution is 2.61. The number of carbonyl (C=O) groups is 2. The first-order valence-corrected chi connectivity index (χ1v) is 9.34. The molecule has 4 heterocycles. The molecule has 0 aromatic carbocycles. The molecular weight excluding hydrogens is 352 g/mol. The predicted octanol–water partition coefficient (Wildman–Crippen LogP) is 2.40. The Kier molecular flexibility index (Phi) is 3.30. The fourth-order valence-corrected chi connectivity index (χ4v) is 5.28. The summed E-state index contributed by atoms with van der Waals surface area (Å²) in [7, 11) is 0. The van der Waals surface area contributed by atoms with Crippen molar-refractivity contribution >= 4 is 11.9 Å². The smallest absolute Gasteiger partial charge is 0.334 e. The molecule has 27 heavy (non-hydrogen) atoms. The van der Waals surface area contributed by atoms with Gasteiger partial charge in [-0.1, -0.05) is 6.08 Å². The van der Waals surface area contributed by atoms with Crippen molar-refractivity contribution in [2.24, 2.45) is 11.3 Å². The van der Waals surface area contributed by atoms with E-state index in [1.807, 2.05) is 13.0 Å². The first kappa shape index (κ1) is 17.0. The second kappa shape index (κ2) is 5.23. The number of rotatable bonds is 2. The molecule has 0 bridgehead atoms. The average Bonchev–Trinajstić information content (AvgIpc) is 3.29. The van der Waals surface area contributed by atoms with E-state index >= 15 is 0 Å². The molecule has 3 fully saturated rings. The van der Waals surface area contributed by atoms with Crippen LogP contribution < -0.4 is 0 Å². The largest absolute Gasteiger partial charge is 0.472 e. The van der Waals surface area contributed by atoms with Gasteiger partial charge in [0, 0.05) is 30.4 Å². The monoisotopic (exact) mass is 374 g/mol. The van der Waals surface area contributed by atoms with Gasteiger partial charge in [0.2, 0.25) is 0 Å². The third-order valence-electron chi connectivity index (χ3n) is 6.95. The van der Waals surface area contributed by atoms with Gasteiger partial charge >= 0.3 is 11.9 Å². The molecule has 1 aromatic heterocycles. The molecule has 1 N–H and O–H groups in total. The highest BCUT2D eigenvalue weighted by molar-refractivity contribution is 5.93. The minimum atomic E-state index is -1.56. The minimum Gasteiger partial charge on any atom is -0.472 e. The Morgan fingerprint density at radius 1 is 1.22 bits per heavy atom. The van der Waals surface area contributed by atoms with Crippen LogP contribution >= 0.6 is 0 Å². The lowest BCUT2D eigenvalue weighted by Crippen LogP contribution is -2.66. The minimum absolute atomic E-state index is 0.326. The van der Waals surface area contributed by atoms with Crippen LogP contribution in [-0.4, -0.2) is 34.5 Å². The normalized spacial score (nSPS) is 45.9. The SMILES string of the molecule is C[C@]1([C@H]2CC(c3ccoc3)OC2=O)C[C@H]2OC(=O)C3=CCC[C@@](O)(O1)[C@]32C. The Hall–Kier alpha value is -2.12. The Morgan fingerprint density at radius 3 is 2.78 bits per heavy atom. The molecule has 1 aromatic rings. The summed E-state index contributed by atoms with van der Waals surface area (Å²) in [6.07, 6.45) is 5.61. The maximum Gasteiger partial charge on any atom is 0.334 e. The lowest BCUT2D eigenvalue weighted by atomic mass is 9.61. The maximum absolute atomic E-state index is 12.7. The second-order valence-electron chi connectivity index (χ2n) is 8.43. The van der Waals surface area contributed by atoms with Gasteiger partial charge in [-0.05, 0) is 26.3 Å². The highest BCUT2D eigenvalue weighted by Gasteiger charge is 2.71. The maximum atomic E-state index is 12.7. The van der Waals surface area contributed by atoms with Gasteiger partial charge in [-0.25, -0.2) is 4.79 Å². The number of allylic oxidation sites excluding steroid dienone is 1. The first-order chi connectivity index (χ1) is 12.8. The molecule has 7 nitrogen and oxygen atoms in total. The number of carbonyl (C=O) groups excluding carboxylic acids is 2. The molecule has 1 unspecified atom stereocenters. The molecule has 0 spiro atoms. The molecule has 0 radical (unpaired) electrons. The summed E-state index contributed by atoms with van der Waals surface area (Å²) in [5.74, 6) is -2.90. The van der Waals surface area contributed by atoms with Gasteiger partial charge in [0.25, 0.3) is 0 Å². The molecule has 6 atom stereocenters. The van der Waals surface area contributed by atoms with Crippen molar-refractivity contribution in [1.29, 1.82) is 0 Å². The van der Waals surface area contributed by atoms with Gasteiger partial charge in [0.15, 0.2) is 5.79 Å². The highest BCUT2D eigenvalue weighted by atomic mass is 16.7. The topological polar surface area (TPSA) is 95.2 Å². The number of hydrogen-bond donors (Lipinski definition) is 1. The van der Waals surface area contributed by atoms with Gasteiger partial charge in [0.1, 0.15) is 12.2 Å². The number of ether oxygens (including phenoxy) is 3. The quantitative estimate of drug-likeness (QED) is 0.794. The second-order valence-corrected chi connectivity index (χ2v) is 8.43. The predicted molar refractivity (Wildman–Crippen MR) is 90.0 cm³/mol. The van der Waals surface area contributed by atoms with Crippen LogP contribution in [0.1, 0.15) is 51.2 Å². The van der Waals surface area contributed by atoms with Gasteiger partial charge in [0.05, 0.1) is 29.5 Å². The van der Waals surface area contributed by atoms with Crippen molar-refractivity contribution in [3.63, 3.8) is 0 Å². The van der Waals surface area contributed by atoms with Crippen molar-refractivity contribution in [2.45, 2.75) is 63.1 Å². The zero-order valence-electron chi connectivity index (χ0n) is 15.3. The zero-order chi connectivity index (χ0) is 19.0. The number of cyclic esters (lactones) is 1. The third kappa shape index (κ3) is 2.09. The summed E-state index contributed by atoms with van der Waals surface area (Å²) in [5.41, 5.74) is -0.645. The van der Waals surface area contributed by atoms with E-state index in [4.69, 9.17) is 18.6 Å². The van der Waals surface area contributed by atoms with Gasteiger partial charge < -0.3 is 23.7 Å². The molecule has 3 saturated heterocycles. The number of hydrogen-bond acceptors (Lipinski definition) is 7. The Balaban J connectivity index is 1.49. The van der Waals surface area contributed by atoms with Crippen molar-refractivity contribution in [3.05, 3.63) is 35.8 Å². The molecule has 144 valence electrons. The number of furan rings is 1. The molecule has 4 aliphatic rings. The summed E-state index contributed by atoms with van der Waals surface area (Å²) >= 11 is 0. The average molecular weight is 374 g/mol. The van der Waals surface area contributed by atoms with Crippen molar-refractivity contribution in [3.8, 4) is 0 Å². The van der Waals surface area contributed by atoms with Crippen LogP contribution in [0.25, 0.3) is 0 Å². The zero-order valence-corrected chi connectivity index (χ0v) is 15.3. The molecular formula is C20H22O7. The standard InChI is InChI=1S/C20H22O7/c1-18(13-8-14(25-17(13)22)11-5-7-24-10-11)9-15-19(2)12(16(21)26-15)4-3-6-20(19,23)27-18/h4-5,7,10,13-15,23H,3,6,8-9H2,1-2H3/t13-,14?,15+,18+,19+,20+/m0/s1. The van der Waals surface area contributed by atoms with Crippen LogP contribution in [0.2, 0.25) is 0 Å². The summed E-state index contributed by atoms with van der Waals surface area (Å²) in [6.45, 7) is 3.62. The van der Waals surface area contributed by atoms with Gasteiger partial charge in [-0.2, -0.15) is 0 Å². The molecule has 3 aliphatic heterocycles. The van der Waals surface area contributed by atoms with E-state index in [-0.39, 0.29) is 5.97 Å². The van der Waals surface area contributed by atoms with Gasteiger partial charge in [-0.15, -0.1) is 0 Å². The summed E-state index contributed by atoms with van der Waals surface area (Å²) < 4.78 is 22.5. The Labute approximate surface area is 156 Å². The van der Waals surface area contributed by atoms with Crippen LogP contribution in [0, 0.1) is 11.3 Å². The lowest BCUT2D eigenvalue weighted by Gasteiger charge is -2.56. The molecule has 0 saturated carbocycles. The third-order valence-corrected chi connectivity index (χ3v) is 6.95. The van der Waals surface area contributed by atoms with Crippen molar-refractivity contribution < 1.29 is 33.3 Å². The van der Waals surface area contributed by atoms with Gasteiger partial charge in [-0.3, -0.25) is 4.79 Å². The Morgan fingerprint density at radius 2 is 2.04 bits per heavy atom. The molecule has 5 rings (SSSR count). The molecule has 0 amide bonds. The lowest BCUT2D eigenvalue weighted by molar-refractivity contribution is -0.359. The van der Waals surface area contributed by atoms with E-state index in [9.17, 15) is 14.7 Å². The van der Waals surface area contributed by atoms with E-state index in [0.29, 0.717) is 31.3 Å². The van der Waals surface area contributed by atoms with Crippen LogP contribution in [0.3, 0.4) is 0 Å². The van der Waals surface area contributed by atoms with E-state index in [1.54, 1.807) is 19.3 Å². The van der Waals surface area contributed by atoms with E-state index < -0.39 is 40.9 Å². The van der Waals surface area contributed by atoms with Crippen molar-refractivity contribution in [2.75, 3.05) is 0 Å². The van der Waals surface area contributed by atoms with E-state index in [2.05, 4.69) is 0 Å². The number of esters is 2. The Bertz CT molecular complexity index is 843. The summed E-state index contributed by atoms with van der Waals surface area (Å²) in [6, 6.07) is 1.77. The fraction of sp³-hybridized carbons (Fsp3) is 0.600. The van der Waals surface area contributed by atoms with E-state index in [1.165, 1.54) is 6.26 Å². The van der Waals surface area contributed by atoms with E-state index in [0.717, 1.165) is 5.56 Å². The van der Waals surface area contributed by atoms with Crippen LogP contribution in [-0.2, 0) is 23.8 Å². The van der Waals surface area contributed by atoms with Crippen LogP contribution in [0.15, 0.2) is 34.7 Å². The van der Waals surface area contributed by atoms with Crippen LogP contribution in [0.4, 0.5) is 0 Å². The first-order valence-electron chi connectivity index (χ1n) is 9.34. The number of aliphatic hydroxyl groups is 1. The van der Waals surface area contributed by atoms with Crippen molar-refractivity contribution in [1.82, 2.24) is 0 Å². The summed E-state index contributed by atoms with van der Waals surface area (Å²) in [5, 5.41) is 11.4. The van der Waals surface area contributed by atoms with Crippen LogP contribution in [0.5, 0.6) is 0 Å². The molecule has 1 aliphatic carbocycles.